The molecule has 0 spiro atoms. The molecule has 3 amide bonds. The van der Waals surface area contributed by atoms with Gasteiger partial charge in [-0.2, -0.15) is 0 Å². The standard InChI is InChI=1S/C17H24N4O2/c1-20(2)14-9-5-3-7-12(14)19-17(23)21-11-16(22)18-13-8-4-6-10-15(13)21/h3,5,7,9,13,15H,4,6,8,10-11H2,1-2H3,(H,18,22)(H,19,23)/t13-,15-/m0/s1. The molecule has 1 aromatic rings. The fourth-order valence-corrected chi connectivity index (χ4v) is 3.56. The highest BCUT2D eigenvalue weighted by Gasteiger charge is 2.38. The highest BCUT2D eigenvalue weighted by atomic mass is 16.2. The molecule has 2 atom stereocenters. The Kier molecular flexibility index (Phi) is 4.41. The predicted octanol–water partition coefficient (Wildman–Crippen LogP) is 2.03. The van der Waals surface area contributed by atoms with Crippen molar-refractivity contribution in [3.8, 4) is 0 Å². The summed E-state index contributed by atoms with van der Waals surface area (Å²) in [5.74, 6) is -0.0656. The second-order valence-corrected chi connectivity index (χ2v) is 6.50. The molecule has 3 rings (SSSR count). The van der Waals surface area contributed by atoms with Crippen molar-refractivity contribution >= 4 is 23.3 Å². The summed E-state index contributed by atoms with van der Waals surface area (Å²) in [5.41, 5.74) is 1.71. The van der Waals surface area contributed by atoms with Gasteiger partial charge in [0, 0.05) is 20.1 Å². The number of para-hydroxylation sites is 2. The Labute approximate surface area is 136 Å². The first-order valence-electron chi connectivity index (χ1n) is 8.19. The maximum atomic E-state index is 12.8. The number of urea groups is 1. The lowest BCUT2D eigenvalue weighted by Crippen LogP contribution is -2.63. The lowest BCUT2D eigenvalue weighted by molar-refractivity contribution is -0.126. The predicted molar refractivity (Wildman–Crippen MR) is 90.7 cm³/mol. The molecule has 2 aliphatic rings. The summed E-state index contributed by atoms with van der Waals surface area (Å²) in [7, 11) is 3.88. The molecule has 1 saturated carbocycles. The third-order valence-corrected chi connectivity index (χ3v) is 4.68. The monoisotopic (exact) mass is 316 g/mol. The maximum absolute atomic E-state index is 12.8. The second-order valence-electron chi connectivity index (χ2n) is 6.50. The molecule has 6 nitrogen and oxygen atoms in total. The van der Waals surface area contributed by atoms with Crippen molar-refractivity contribution in [2.24, 2.45) is 0 Å². The molecule has 1 saturated heterocycles. The van der Waals surface area contributed by atoms with E-state index >= 15 is 0 Å². The van der Waals surface area contributed by atoms with Crippen LogP contribution < -0.4 is 15.5 Å². The third kappa shape index (κ3) is 3.25. The highest BCUT2D eigenvalue weighted by Crippen LogP contribution is 2.28. The fourth-order valence-electron chi connectivity index (χ4n) is 3.56. The normalized spacial score (nSPS) is 23.7. The summed E-state index contributed by atoms with van der Waals surface area (Å²) in [6.45, 7) is 0.136. The Hall–Kier alpha value is -2.24. The van der Waals surface area contributed by atoms with Crippen LogP contribution in [0.5, 0.6) is 0 Å². The SMILES string of the molecule is CN(C)c1ccccc1NC(=O)N1CC(=O)N[C@H]2CCCC[C@@H]21. The van der Waals surface area contributed by atoms with Crippen molar-refractivity contribution in [2.75, 3.05) is 30.9 Å². The number of hydrogen-bond donors (Lipinski definition) is 2. The number of carbonyl (C=O) groups is 2. The molecule has 2 fully saturated rings. The summed E-state index contributed by atoms with van der Waals surface area (Å²) < 4.78 is 0. The largest absolute Gasteiger partial charge is 0.376 e. The Morgan fingerprint density at radius 3 is 2.78 bits per heavy atom. The number of nitrogens with zero attached hydrogens (tertiary/aromatic N) is 2. The van der Waals surface area contributed by atoms with Crippen molar-refractivity contribution in [1.82, 2.24) is 10.2 Å². The fraction of sp³-hybridized carbons (Fsp3) is 0.529. The number of fused-ring (bicyclic) bond motifs is 1. The number of amides is 3. The number of carbonyl (C=O) groups excluding carboxylic acids is 2. The van der Waals surface area contributed by atoms with Gasteiger partial charge in [0.2, 0.25) is 5.91 Å². The molecule has 1 aliphatic carbocycles. The number of nitrogens with one attached hydrogen (secondary N) is 2. The molecule has 23 heavy (non-hydrogen) atoms. The minimum atomic E-state index is -0.189. The minimum absolute atomic E-state index is 0.0656. The number of hydrogen-bond acceptors (Lipinski definition) is 3. The zero-order chi connectivity index (χ0) is 16.4. The molecule has 1 aromatic carbocycles. The molecule has 0 bridgehead atoms. The van der Waals surface area contributed by atoms with E-state index in [9.17, 15) is 9.59 Å². The van der Waals surface area contributed by atoms with Crippen LogP contribution in [0.1, 0.15) is 25.7 Å². The molecular formula is C17H24N4O2. The second kappa shape index (κ2) is 6.48. The van der Waals surface area contributed by atoms with E-state index in [2.05, 4.69) is 10.6 Å². The van der Waals surface area contributed by atoms with Crippen molar-refractivity contribution in [3.63, 3.8) is 0 Å². The number of piperazine rings is 1. The summed E-state index contributed by atoms with van der Waals surface area (Å²) in [6.07, 6.45) is 4.12. The van der Waals surface area contributed by atoms with E-state index in [0.717, 1.165) is 37.1 Å². The maximum Gasteiger partial charge on any atom is 0.322 e. The summed E-state index contributed by atoms with van der Waals surface area (Å²) in [5, 5.41) is 6.01. The van der Waals surface area contributed by atoms with Crippen molar-refractivity contribution < 1.29 is 9.59 Å². The van der Waals surface area contributed by atoms with Crippen LogP contribution in [0.15, 0.2) is 24.3 Å². The Morgan fingerprint density at radius 1 is 1.26 bits per heavy atom. The Balaban J connectivity index is 1.78. The molecule has 2 N–H and O–H groups in total. The van der Waals surface area contributed by atoms with E-state index in [0.29, 0.717) is 0 Å². The Bertz CT molecular complexity index is 602. The zero-order valence-electron chi connectivity index (χ0n) is 13.7. The molecule has 124 valence electrons. The van der Waals surface area contributed by atoms with E-state index in [1.807, 2.05) is 43.3 Å². The lowest BCUT2D eigenvalue weighted by atomic mass is 9.87. The molecule has 0 radical (unpaired) electrons. The molecule has 0 unspecified atom stereocenters. The van der Waals surface area contributed by atoms with Gasteiger partial charge in [0.1, 0.15) is 6.54 Å². The van der Waals surface area contributed by atoms with Gasteiger partial charge in [-0.25, -0.2) is 4.79 Å². The van der Waals surface area contributed by atoms with Crippen molar-refractivity contribution in [2.45, 2.75) is 37.8 Å². The van der Waals surface area contributed by atoms with Crippen molar-refractivity contribution in [3.05, 3.63) is 24.3 Å². The average Bonchev–Trinajstić information content (AvgIpc) is 2.54. The van der Waals surface area contributed by atoms with Crippen LogP contribution in [0.2, 0.25) is 0 Å². The number of benzene rings is 1. The van der Waals surface area contributed by atoms with Gasteiger partial charge in [-0.15, -0.1) is 0 Å². The van der Waals surface area contributed by atoms with Crippen LogP contribution in [0, 0.1) is 0 Å². The van der Waals surface area contributed by atoms with E-state index in [4.69, 9.17) is 0 Å². The van der Waals surface area contributed by atoms with Gasteiger partial charge in [0.25, 0.3) is 0 Å². The summed E-state index contributed by atoms with van der Waals surface area (Å²) in [6, 6.07) is 7.70. The third-order valence-electron chi connectivity index (χ3n) is 4.68. The van der Waals surface area contributed by atoms with E-state index in [1.54, 1.807) is 4.90 Å². The smallest absolute Gasteiger partial charge is 0.322 e. The lowest BCUT2D eigenvalue weighted by Gasteiger charge is -2.43. The van der Waals surface area contributed by atoms with Gasteiger partial charge < -0.3 is 20.4 Å². The zero-order valence-corrected chi connectivity index (χ0v) is 13.7. The molecule has 6 heteroatoms. The van der Waals surface area contributed by atoms with Crippen LogP contribution in [0.4, 0.5) is 16.2 Å². The van der Waals surface area contributed by atoms with Crippen LogP contribution in [-0.2, 0) is 4.79 Å². The molecular weight excluding hydrogens is 292 g/mol. The van der Waals surface area contributed by atoms with Gasteiger partial charge in [-0.1, -0.05) is 25.0 Å². The van der Waals surface area contributed by atoms with Gasteiger partial charge >= 0.3 is 6.03 Å². The van der Waals surface area contributed by atoms with E-state index in [1.165, 1.54) is 0 Å². The molecule has 0 aromatic heterocycles. The molecule has 1 heterocycles. The van der Waals surface area contributed by atoms with E-state index < -0.39 is 0 Å². The van der Waals surface area contributed by atoms with Crippen LogP contribution in [0.25, 0.3) is 0 Å². The first-order chi connectivity index (χ1) is 11.1. The average molecular weight is 316 g/mol. The van der Waals surface area contributed by atoms with Crippen LogP contribution in [-0.4, -0.2) is 49.6 Å². The number of anilines is 2. The van der Waals surface area contributed by atoms with E-state index in [-0.39, 0.29) is 30.6 Å². The van der Waals surface area contributed by atoms with Crippen LogP contribution >= 0.6 is 0 Å². The highest BCUT2D eigenvalue weighted by molar-refractivity contribution is 5.96. The van der Waals surface area contributed by atoms with Gasteiger partial charge in [0.05, 0.1) is 17.4 Å². The molecule has 1 aliphatic heterocycles. The summed E-state index contributed by atoms with van der Waals surface area (Å²) >= 11 is 0. The minimum Gasteiger partial charge on any atom is -0.376 e. The summed E-state index contributed by atoms with van der Waals surface area (Å²) in [4.78, 5) is 28.3. The first-order valence-corrected chi connectivity index (χ1v) is 8.19. The van der Waals surface area contributed by atoms with Gasteiger partial charge in [-0.05, 0) is 25.0 Å². The van der Waals surface area contributed by atoms with Crippen molar-refractivity contribution in [1.29, 1.82) is 0 Å². The topological polar surface area (TPSA) is 64.7 Å². The quantitative estimate of drug-likeness (QED) is 0.877. The Morgan fingerprint density at radius 2 is 2.00 bits per heavy atom. The van der Waals surface area contributed by atoms with Crippen LogP contribution in [0.3, 0.4) is 0 Å². The first kappa shape index (κ1) is 15.6. The van der Waals surface area contributed by atoms with Gasteiger partial charge in [0.15, 0.2) is 0 Å². The van der Waals surface area contributed by atoms with Gasteiger partial charge in [-0.3, -0.25) is 4.79 Å². The number of rotatable bonds is 2.